The molecule has 0 saturated carbocycles. The maximum Gasteiger partial charge on any atom is 0.0489 e. The van der Waals surface area contributed by atoms with Crippen LogP contribution < -0.4 is 5.32 Å². The van der Waals surface area contributed by atoms with Gasteiger partial charge in [-0.3, -0.25) is 4.68 Å². The Hall–Kier alpha value is -0.830. The zero-order valence-corrected chi connectivity index (χ0v) is 9.95. The molecule has 3 nitrogen and oxygen atoms in total. The molecule has 1 aromatic heterocycles. The first-order chi connectivity index (χ1) is 7.29. The van der Waals surface area contributed by atoms with Gasteiger partial charge in [-0.05, 0) is 37.9 Å². The summed E-state index contributed by atoms with van der Waals surface area (Å²) in [5, 5.41) is 7.63. The zero-order valence-electron chi connectivity index (χ0n) is 9.95. The second-order valence-corrected chi connectivity index (χ2v) is 4.43. The summed E-state index contributed by atoms with van der Waals surface area (Å²) in [4.78, 5) is 0. The largest absolute Gasteiger partial charge is 0.316 e. The van der Waals surface area contributed by atoms with Crippen molar-refractivity contribution in [3.8, 4) is 0 Å². The van der Waals surface area contributed by atoms with Crippen LogP contribution in [0.1, 0.15) is 33.1 Å². The average Bonchev–Trinajstić information content (AvgIpc) is 2.68. The zero-order chi connectivity index (χ0) is 10.9. The van der Waals surface area contributed by atoms with Gasteiger partial charge in [-0.1, -0.05) is 20.3 Å². The molecular weight excluding hydrogens is 186 g/mol. The Kier molecular flexibility index (Phi) is 6.09. The van der Waals surface area contributed by atoms with Crippen LogP contribution in [0.15, 0.2) is 18.5 Å². The van der Waals surface area contributed by atoms with E-state index in [1.807, 2.05) is 23.1 Å². The summed E-state index contributed by atoms with van der Waals surface area (Å²) in [7, 11) is 0. The first kappa shape index (κ1) is 12.2. The molecule has 0 amide bonds. The van der Waals surface area contributed by atoms with Crippen molar-refractivity contribution in [2.45, 2.75) is 39.7 Å². The fourth-order valence-electron chi connectivity index (χ4n) is 1.52. The standard InChI is InChI=1S/C12H23N3/c1-12(2)11-13-7-4-3-5-9-15-10-6-8-14-15/h6,8,10,12-13H,3-5,7,9,11H2,1-2H3. The molecule has 1 N–H and O–H groups in total. The fourth-order valence-corrected chi connectivity index (χ4v) is 1.52. The van der Waals surface area contributed by atoms with Crippen molar-refractivity contribution >= 4 is 0 Å². The molecule has 0 aliphatic heterocycles. The molecule has 0 atom stereocenters. The Morgan fingerprint density at radius 1 is 1.27 bits per heavy atom. The van der Waals surface area contributed by atoms with Crippen molar-refractivity contribution in [1.29, 1.82) is 0 Å². The van der Waals surface area contributed by atoms with Gasteiger partial charge in [0, 0.05) is 18.9 Å². The van der Waals surface area contributed by atoms with Crippen LogP contribution in [-0.2, 0) is 6.54 Å². The predicted molar refractivity (Wildman–Crippen MR) is 63.8 cm³/mol. The third-order valence-electron chi connectivity index (χ3n) is 2.35. The van der Waals surface area contributed by atoms with E-state index in [-0.39, 0.29) is 0 Å². The van der Waals surface area contributed by atoms with Crippen LogP contribution in [0, 0.1) is 5.92 Å². The third-order valence-corrected chi connectivity index (χ3v) is 2.35. The molecule has 1 aromatic rings. The van der Waals surface area contributed by atoms with Crippen LogP contribution in [0.25, 0.3) is 0 Å². The first-order valence-electron chi connectivity index (χ1n) is 5.97. The lowest BCUT2D eigenvalue weighted by molar-refractivity contribution is 0.506. The van der Waals surface area contributed by atoms with E-state index in [0.29, 0.717) is 0 Å². The van der Waals surface area contributed by atoms with E-state index in [2.05, 4.69) is 24.3 Å². The van der Waals surface area contributed by atoms with E-state index in [4.69, 9.17) is 0 Å². The van der Waals surface area contributed by atoms with Crippen LogP contribution in [0.5, 0.6) is 0 Å². The van der Waals surface area contributed by atoms with Crippen molar-refractivity contribution in [1.82, 2.24) is 15.1 Å². The molecule has 0 radical (unpaired) electrons. The summed E-state index contributed by atoms with van der Waals surface area (Å²) >= 11 is 0. The molecule has 0 bridgehead atoms. The number of aryl methyl sites for hydroxylation is 1. The molecule has 1 rings (SSSR count). The normalized spacial score (nSPS) is 11.1. The molecule has 0 saturated heterocycles. The lowest BCUT2D eigenvalue weighted by Crippen LogP contribution is -2.20. The predicted octanol–water partition coefficient (Wildman–Crippen LogP) is 2.30. The molecule has 0 aromatic carbocycles. The number of aromatic nitrogens is 2. The highest BCUT2D eigenvalue weighted by Crippen LogP contribution is 1.97. The summed E-state index contributed by atoms with van der Waals surface area (Å²) in [6.45, 7) is 7.82. The van der Waals surface area contributed by atoms with E-state index in [0.717, 1.165) is 25.6 Å². The molecule has 0 unspecified atom stereocenters. The lowest BCUT2D eigenvalue weighted by Gasteiger charge is -2.06. The minimum Gasteiger partial charge on any atom is -0.316 e. The Balaban J connectivity index is 1.85. The number of nitrogens with one attached hydrogen (secondary N) is 1. The highest BCUT2D eigenvalue weighted by atomic mass is 15.3. The van der Waals surface area contributed by atoms with E-state index >= 15 is 0 Å². The van der Waals surface area contributed by atoms with E-state index in [1.165, 1.54) is 19.3 Å². The SMILES string of the molecule is CC(C)CNCCCCCn1cccn1. The van der Waals surface area contributed by atoms with Crippen LogP contribution in [-0.4, -0.2) is 22.9 Å². The third kappa shape index (κ3) is 6.28. The average molecular weight is 209 g/mol. The number of rotatable bonds is 8. The number of hydrogen-bond donors (Lipinski definition) is 1. The minimum atomic E-state index is 0.758. The molecule has 0 aliphatic carbocycles. The van der Waals surface area contributed by atoms with Crippen molar-refractivity contribution in [2.24, 2.45) is 5.92 Å². The van der Waals surface area contributed by atoms with Gasteiger partial charge in [-0.2, -0.15) is 5.10 Å². The second kappa shape index (κ2) is 7.46. The minimum absolute atomic E-state index is 0.758. The van der Waals surface area contributed by atoms with Gasteiger partial charge >= 0.3 is 0 Å². The van der Waals surface area contributed by atoms with Crippen molar-refractivity contribution in [3.05, 3.63) is 18.5 Å². The summed E-state index contributed by atoms with van der Waals surface area (Å²) in [6, 6.07) is 1.98. The van der Waals surface area contributed by atoms with Crippen LogP contribution >= 0.6 is 0 Å². The first-order valence-corrected chi connectivity index (χ1v) is 5.97. The van der Waals surface area contributed by atoms with Crippen molar-refractivity contribution < 1.29 is 0 Å². The Labute approximate surface area is 92.9 Å². The van der Waals surface area contributed by atoms with Gasteiger partial charge in [0.1, 0.15) is 0 Å². The van der Waals surface area contributed by atoms with Crippen molar-refractivity contribution in [2.75, 3.05) is 13.1 Å². The lowest BCUT2D eigenvalue weighted by atomic mass is 10.2. The van der Waals surface area contributed by atoms with Gasteiger partial charge in [-0.15, -0.1) is 0 Å². The van der Waals surface area contributed by atoms with Crippen LogP contribution in [0.2, 0.25) is 0 Å². The molecule has 0 aliphatic rings. The molecule has 0 fully saturated rings. The van der Waals surface area contributed by atoms with Gasteiger partial charge in [0.05, 0.1) is 0 Å². The quantitative estimate of drug-likeness (QED) is 0.666. The van der Waals surface area contributed by atoms with E-state index in [9.17, 15) is 0 Å². The summed E-state index contributed by atoms with van der Waals surface area (Å²) in [5.74, 6) is 0.758. The van der Waals surface area contributed by atoms with Gasteiger partial charge in [-0.25, -0.2) is 0 Å². The number of unbranched alkanes of at least 4 members (excludes halogenated alkanes) is 2. The molecule has 86 valence electrons. The molecular formula is C12H23N3. The van der Waals surface area contributed by atoms with E-state index < -0.39 is 0 Å². The maximum atomic E-state index is 4.17. The molecule has 3 heteroatoms. The van der Waals surface area contributed by atoms with Crippen LogP contribution in [0.3, 0.4) is 0 Å². The Morgan fingerprint density at radius 3 is 2.80 bits per heavy atom. The highest BCUT2D eigenvalue weighted by molar-refractivity contribution is 4.77. The van der Waals surface area contributed by atoms with Crippen molar-refractivity contribution in [3.63, 3.8) is 0 Å². The maximum absolute atomic E-state index is 4.17. The van der Waals surface area contributed by atoms with Crippen LogP contribution in [0.4, 0.5) is 0 Å². The highest BCUT2D eigenvalue weighted by Gasteiger charge is 1.94. The number of nitrogens with zero attached hydrogens (tertiary/aromatic N) is 2. The topological polar surface area (TPSA) is 29.9 Å². The monoisotopic (exact) mass is 209 g/mol. The van der Waals surface area contributed by atoms with Gasteiger partial charge in [0.2, 0.25) is 0 Å². The van der Waals surface area contributed by atoms with Gasteiger partial charge in [0.25, 0.3) is 0 Å². The second-order valence-electron chi connectivity index (χ2n) is 4.43. The smallest absolute Gasteiger partial charge is 0.0489 e. The fraction of sp³-hybridized carbons (Fsp3) is 0.750. The molecule has 15 heavy (non-hydrogen) atoms. The summed E-state index contributed by atoms with van der Waals surface area (Å²) < 4.78 is 2.00. The Bertz CT molecular complexity index is 229. The number of hydrogen-bond acceptors (Lipinski definition) is 2. The molecule has 0 spiro atoms. The van der Waals surface area contributed by atoms with Gasteiger partial charge in [0.15, 0.2) is 0 Å². The van der Waals surface area contributed by atoms with E-state index in [1.54, 1.807) is 0 Å². The summed E-state index contributed by atoms with van der Waals surface area (Å²) in [6.07, 6.45) is 7.64. The molecule has 1 heterocycles. The van der Waals surface area contributed by atoms with Gasteiger partial charge < -0.3 is 5.32 Å². The Morgan fingerprint density at radius 2 is 2.13 bits per heavy atom. The summed E-state index contributed by atoms with van der Waals surface area (Å²) in [5.41, 5.74) is 0.